The summed E-state index contributed by atoms with van der Waals surface area (Å²) in [5.41, 5.74) is 5.58. The summed E-state index contributed by atoms with van der Waals surface area (Å²) < 4.78 is 10.3. The number of carbonyl (C=O) groups is 1. The Morgan fingerprint density at radius 2 is 2.20 bits per heavy atom. The molecule has 80 valence electrons. The van der Waals surface area contributed by atoms with Crippen molar-refractivity contribution in [3.05, 3.63) is 23.8 Å². The molecule has 0 saturated carbocycles. The first-order chi connectivity index (χ1) is 7.16. The molecule has 0 aliphatic carbocycles. The molecule has 0 radical (unpaired) electrons. The van der Waals surface area contributed by atoms with Crippen LogP contribution in [0.4, 0.5) is 0 Å². The number of rotatable bonds is 3. The lowest BCUT2D eigenvalue weighted by atomic mass is 10.1. The summed E-state index contributed by atoms with van der Waals surface area (Å²) in [7, 11) is 0. The van der Waals surface area contributed by atoms with E-state index in [0.29, 0.717) is 17.1 Å². The maximum Gasteiger partial charge on any atom is 0.231 e. The van der Waals surface area contributed by atoms with E-state index in [-0.39, 0.29) is 13.2 Å². The normalized spacial score (nSPS) is 15.0. The Hall–Kier alpha value is -1.75. The third-order valence-corrected chi connectivity index (χ3v) is 2.18. The Labute approximate surface area is 86.4 Å². The Kier molecular flexibility index (Phi) is 2.47. The van der Waals surface area contributed by atoms with Crippen LogP contribution in [0.2, 0.25) is 0 Å². The smallest absolute Gasteiger partial charge is 0.231 e. The summed E-state index contributed by atoms with van der Waals surface area (Å²) in [6.45, 7) is 0.185. The van der Waals surface area contributed by atoms with Crippen LogP contribution in [-0.4, -0.2) is 17.8 Å². The van der Waals surface area contributed by atoms with Crippen LogP contribution in [0.3, 0.4) is 0 Å². The van der Waals surface area contributed by atoms with Gasteiger partial charge in [-0.1, -0.05) is 6.07 Å². The number of benzene rings is 1. The van der Waals surface area contributed by atoms with Crippen molar-refractivity contribution in [3.8, 4) is 11.5 Å². The molecular weight excluding hydrogens is 198 g/mol. The average molecular weight is 209 g/mol. The summed E-state index contributed by atoms with van der Waals surface area (Å²) >= 11 is 0. The van der Waals surface area contributed by atoms with Gasteiger partial charge in [-0.15, -0.1) is 0 Å². The molecule has 1 aromatic rings. The fourth-order valence-electron chi connectivity index (χ4n) is 1.43. The highest BCUT2D eigenvalue weighted by molar-refractivity contribution is 5.74. The number of amides is 1. The predicted octanol–water partition coefficient (Wildman–Crippen LogP) is 0.324. The molecule has 0 spiro atoms. The van der Waals surface area contributed by atoms with Crippen LogP contribution < -0.4 is 15.2 Å². The molecule has 0 saturated heterocycles. The number of fused-ring (bicyclic) bond motifs is 1. The van der Waals surface area contributed by atoms with Gasteiger partial charge in [0, 0.05) is 0 Å². The summed E-state index contributed by atoms with van der Waals surface area (Å²) in [6, 6.07) is 5.03. The average Bonchev–Trinajstić information content (AvgIpc) is 2.62. The molecule has 1 atom stereocenters. The Balaban J connectivity index is 2.19. The molecule has 5 nitrogen and oxygen atoms in total. The van der Waals surface area contributed by atoms with Crippen molar-refractivity contribution in [1.29, 1.82) is 0 Å². The molecule has 1 unspecified atom stereocenters. The fourth-order valence-corrected chi connectivity index (χ4v) is 1.43. The predicted molar refractivity (Wildman–Crippen MR) is 51.3 cm³/mol. The van der Waals surface area contributed by atoms with E-state index < -0.39 is 12.0 Å². The van der Waals surface area contributed by atoms with E-state index in [1.54, 1.807) is 18.2 Å². The lowest BCUT2D eigenvalue weighted by molar-refractivity contribution is -0.119. The first kappa shape index (κ1) is 9.79. The van der Waals surface area contributed by atoms with Crippen LogP contribution in [0.1, 0.15) is 18.1 Å². The maximum absolute atomic E-state index is 10.6. The number of hydrogen-bond donors (Lipinski definition) is 2. The molecule has 1 aliphatic rings. The SMILES string of the molecule is NC(=O)CC(O)c1ccc2c(c1)OCO2. The topological polar surface area (TPSA) is 81.8 Å². The van der Waals surface area contributed by atoms with E-state index in [9.17, 15) is 9.90 Å². The van der Waals surface area contributed by atoms with E-state index >= 15 is 0 Å². The summed E-state index contributed by atoms with van der Waals surface area (Å²) in [4.78, 5) is 10.6. The first-order valence-electron chi connectivity index (χ1n) is 4.53. The van der Waals surface area contributed by atoms with Crippen LogP contribution in [-0.2, 0) is 4.79 Å². The fraction of sp³-hybridized carbons (Fsp3) is 0.300. The summed E-state index contributed by atoms with van der Waals surface area (Å²) in [5, 5.41) is 9.62. The molecule has 3 N–H and O–H groups in total. The quantitative estimate of drug-likeness (QED) is 0.751. The molecule has 1 aromatic carbocycles. The number of aliphatic hydroxyl groups is 1. The van der Waals surface area contributed by atoms with Gasteiger partial charge in [-0.05, 0) is 17.7 Å². The van der Waals surface area contributed by atoms with Gasteiger partial charge in [-0.3, -0.25) is 4.79 Å². The minimum Gasteiger partial charge on any atom is -0.454 e. The zero-order valence-corrected chi connectivity index (χ0v) is 7.97. The third kappa shape index (κ3) is 2.02. The zero-order valence-electron chi connectivity index (χ0n) is 7.97. The van der Waals surface area contributed by atoms with Gasteiger partial charge in [0.1, 0.15) is 0 Å². The molecule has 2 rings (SSSR count). The lowest BCUT2D eigenvalue weighted by Gasteiger charge is -2.09. The van der Waals surface area contributed by atoms with Gasteiger partial charge in [0.05, 0.1) is 12.5 Å². The van der Waals surface area contributed by atoms with Crippen molar-refractivity contribution in [2.45, 2.75) is 12.5 Å². The van der Waals surface area contributed by atoms with Crippen molar-refractivity contribution in [1.82, 2.24) is 0 Å². The second kappa shape index (κ2) is 3.78. The van der Waals surface area contributed by atoms with Gasteiger partial charge in [0.15, 0.2) is 11.5 Å². The highest BCUT2D eigenvalue weighted by Crippen LogP contribution is 2.34. The minimum absolute atomic E-state index is 0.0976. The van der Waals surface area contributed by atoms with Gasteiger partial charge < -0.3 is 20.3 Å². The Morgan fingerprint density at radius 1 is 1.47 bits per heavy atom. The highest BCUT2D eigenvalue weighted by atomic mass is 16.7. The first-order valence-corrected chi connectivity index (χ1v) is 4.53. The summed E-state index contributed by atoms with van der Waals surface area (Å²) in [5.74, 6) is 0.682. The van der Waals surface area contributed by atoms with Crippen LogP contribution in [0.25, 0.3) is 0 Å². The zero-order chi connectivity index (χ0) is 10.8. The molecule has 15 heavy (non-hydrogen) atoms. The Bertz CT molecular complexity index is 391. The van der Waals surface area contributed by atoms with Crippen molar-refractivity contribution in [3.63, 3.8) is 0 Å². The maximum atomic E-state index is 10.6. The number of carbonyl (C=O) groups excluding carboxylic acids is 1. The van der Waals surface area contributed by atoms with Crippen molar-refractivity contribution in [2.24, 2.45) is 5.73 Å². The number of hydrogen-bond acceptors (Lipinski definition) is 4. The van der Waals surface area contributed by atoms with Crippen molar-refractivity contribution in [2.75, 3.05) is 6.79 Å². The largest absolute Gasteiger partial charge is 0.454 e. The molecule has 1 aliphatic heterocycles. The van der Waals surface area contributed by atoms with Crippen molar-refractivity contribution >= 4 is 5.91 Å². The van der Waals surface area contributed by atoms with E-state index in [0.717, 1.165) is 0 Å². The van der Waals surface area contributed by atoms with Crippen LogP contribution in [0.5, 0.6) is 11.5 Å². The van der Waals surface area contributed by atoms with Gasteiger partial charge >= 0.3 is 0 Å². The van der Waals surface area contributed by atoms with Crippen LogP contribution >= 0.6 is 0 Å². The minimum atomic E-state index is -0.892. The Morgan fingerprint density at radius 3 is 2.93 bits per heavy atom. The van der Waals surface area contributed by atoms with E-state index in [4.69, 9.17) is 15.2 Å². The summed E-state index contributed by atoms with van der Waals surface area (Å²) in [6.07, 6.45) is -0.989. The second-order valence-corrected chi connectivity index (χ2v) is 3.30. The molecule has 0 aromatic heterocycles. The molecule has 5 heteroatoms. The monoisotopic (exact) mass is 209 g/mol. The van der Waals surface area contributed by atoms with E-state index in [1.165, 1.54) is 0 Å². The van der Waals surface area contributed by atoms with Crippen LogP contribution in [0.15, 0.2) is 18.2 Å². The number of primary amides is 1. The molecule has 1 heterocycles. The highest BCUT2D eigenvalue weighted by Gasteiger charge is 2.17. The van der Waals surface area contributed by atoms with Gasteiger partial charge in [-0.25, -0.2) is 0 Å². The van der Waals surface area contributed by atoms with Gasteiger partial charge in [0.2, 0.25) is 12.7 Å². The second-order valence-electron chi connectivity index (χ2n) is 3.30. The molecular formula is C10H11NO4. The molecule has 1 amide bonds. The van der Waals surface area contributed by atoms with Gasteiger partial charge in [0.25, 0.3) is 0 Å². The van der Waals surface area contributed by atoms with E-state index in [2.05, 4.69) is 0 Å². The lowest BCUT2D eigenvalue weighted by Crippen LogP contribution is -2.14. The standard InChI is InChI=1S/C10H11NO4/c11-10(13)4-7(12)6-1-2-8-9(3-6)15-5-14-8/h1-3,7,12H,4-5H2,(H2,11,13). The number of aliphatic hydroxyl groups excluding tert-OH is 1. The van der Waals surface area contributed by atoms with Gasteiger partial charge in [-0.2, -0.15) is 0 Å². The van der Waals surface area contributed by atoms with Crippen molar-refractivity contribution < 1.29 is 19.4 Å². The number of nitrogens with two attached hydrogens (primary N) is 1. The third-order valence-electron chi connectivity index (χ3n) is 2.18. The molecule has 0 fully saturated rings. The van der Waals surface area contributed by atoms with E-state index in [1.807, 2.05) is 0 Å². The number of ether oxygens (including phenoxy) is 2. The van der Waals surface area contributed by atoms with Crippen LogP contribution in [0, 0.1) is 0 Å². The molecule has 0 bridgehead atoms.